The van der Waals surface area contributed by atoms with Crippen molar-refractivity contribution in [3.05, 3.63) is 0 Å². The molecule has 4 heteroatoms. The lowest BCUT2D eigenvalue weighted by Gasteiger charge is -2.36. The smallest absolute Gasteiger partial charge is 0.226 e. The summed E-state index contributed by atoms with van der Waals surface area (Å²) in [4.78, 5) is 12.3. The molecule has 1 aliphatic heterocycles. The van der Waals surface area contributed by atoms with Crippen LogP contribution in [0.5, 0.6) is 0 Å². The third kappa shape index (κ3) is 4.46. The first-order valence-corrected chi connectivity index (χ1v) is 7.67. The van der Waals surface area contributed by atoms with E-state index in [0.717, 1.165) is 32.0 Å². The molecule has 2 fully saturated rings. The van der Waals surface area contributed by atoms with E-state index >= 15 is 0 Å². The molecule has 19 heavy (non-hydrogen) atoms. The maximum atomic E-state index is 12.3. The average Bonchev–Trinajstić information content (AvgIpc) is 3.23. The van der Waals surface area contributed by atoms with Crippen LogP contribution in [0.3, 0.4) is 0 Å². The molecule has 0 aromatic heterocycles. The Morgan fingerprint density at radius 2 is 2.16 bits per heavy atom. The summed E-state index contributed by atoms with van der Waals surface area (Å²) in [5.74, 6) is 1.39. The zero-order valence-electron chi connectivity index (χ0n) is 12.3. The summed E-state index contributed by atoms with van der Waals surface area (Å²) in [5, 5.41) is 6.41. The van der Waals surface area contributed by atoms with Crippen molar-refractivity contribution in [1.82, 2.24) is 10.6 Å². The number of carbonyl (C=O) groups is 1. The topological polar surface area (TPSA) is 50.4 Å². The van der Waals surface area contributed by atoms with Crippen molar-refractivity contribution in [3.8, 4) is 0 Å². The van der Waals surface area contributed by atoms with Crippen LogP contribution in [0.1, 0.15) is 39.5 Å². The first-order valence-electron chi connectivity index (χ1n) is 7.67. The number of amides is 1. The highest BCUT2D eigenvalue weighted by Crippen LogP contribution is 2.32. The number of rotatable bonds is 7. The largest absolute Gasteiger partial charge is 0.379 e. The van der Waals surface area contributed by atoms with Gasteiger partial charge < -0.3 is 15.4 Å². The first-order chi connectivity index (χ1) is 9.10. The van der Waals surface area contributed by atoms with Gasteiger partial charge in [0.1, 0.15) is 0 Å². The molecule has 2 rings (SSSR count). The Bertz CT molecular complexity index is 295. The summed E-state index contributed by atoms with van der Waals surface area (Å²) < 4.78 is 5.54. The summed E-state index contributed by atoms with van der Waals surface area (Å²) in [6.07, 6.45) is 4.94. The third-order valence-corrected chi connectivity index (χ3v) is 4.49. The number of ether oxygens (including phenoxy) is 1. The maximum Gasteiger partial charge on any atom is 0.226 e. The normalized spacial score (nSPS) is 24.2. The van der Waals surface area contributed by atoms with Crippen LogP contribution >= 0.6 is 0 Å². The molecule has 1 aliphatic carbocycles. The molecular formula is C15H28N2O2. The monoisotopic (exact) mass is 268 g/mol. The van der Waals surface area contributed by atoms with Crippen molar-refractivity contribution in [1.29, 1.82) is 0 Å². The van der Waals surface area contributed by atoms with Gasteiger partial charge in [-0.2, -0.15) is 0 Å². The molecule has 0 bridgehead atoms. The predicted molar refractivity (Wildman–Crippen MR) is 75.9 cm³/mol. The van der Waals surface area contributed by atoms with Gasteiger partial charge in [0.2, 0.25) is 5.91 Å². The van der Waals surface area contributed by atoms with Crippen LogP contribution in [-0.2, 0) is 9.53 Å². The molecule has 110 valence electrons. The molecule has 0 aromatic carbocycles. The highest BCUT2D eigenvalue weighted by Gasteiger charge is 2.36. The van der Waals surface area contributed by atoms with Gasteiger partial charge in [-0.3, -0.25) is 4.79 Å². The summed E-state index contributed by atoms with van der Waals surface area (Å²) in [7, 11) is 0. The Morgan fingerprint density at radius 3 is 2.79 bits per heavy atom. The van der Waals surface area contributed by atoms with Crippen LogP contribution in [0.15, 0.2) is 0 Å². The molecule has 1 saturated carbocycles. The van der Waals surface area contributed by atoms with Crippen molar-refractivity contribution in [3.63, 3.8) is 0 Å². The molecule has 1 unspecified atom stereocenters. The standard InChI is InChI=1S/C15H28N2O2/c1-15(2,13-4-3-7-16-10-13)14(18)17-8-9-19-11-12-5-6-12/h12-13,16H,3-11H2,1-2H3,(H,17,18). The molecule has 4 nitrogen and oxygen atoms in total. The van der Waals surface area contributed by atoms with Crippen molar-refractivity contribution >= 4 is 5.91 Å². The highest BCUT2D eigenvalue weighted by molar-refractivity contribution is 5.82. The van der Waals surface area contributed by atoms with E-state index in [0.29, 0.717) is 19.1 Å². The Kier molecular flexibility index (Phi) is 5.22. The summed E-state index contributed by atoms with van der Waals surface area (Å²) in [5.41, 5.74) is -0.288. The second-order valence-corrected chi connectivity index (χ2v) is 6.54. The van der Waals surface area contributed by atoms with Gasteiger partial charge in [0.05, 0.1) is 6.61 Å². The molecule has 2 aliphatic rings. The van der Waals surface area contributed by atoms with Gasteiger partial charge in [-0.15, -0.1) is 0 Å². The zero-order valence-corrected chi connectivity index (χ0v) is 12.3. The van der Waals surface area contributed by atoms with E-state index in [1.807, 2.05) is 0 Å². The van der Waals surface area contributed by atoms with Gasteiger partial charge in [-0.05, 0) is 50.6 Å². The summed E-state index contributed by atoms with van der Waals surface area (Å²) in [6.45, 7) is 8.31. The Balaban J connectivity index is 1.64. The molecule has 0 aromatic rings. The Labute approximate surface area is 116 Å². The number of piperidine rings is 1. The Hall–Kier alpha value is -0.610. The van der Waals surface area contributed by atoms with Crippen LogP contribution in [0, 0.1) is 17.3 Å². The summed E-state index contributed by atoms with van der Waals surface area (Å²) >= 11 is 0. The van der Waals surface area contributed by atoms with E-state index in [9.17, 15) is 4.79 Å². The minimum absolute atomic E-state index is 0.163. The third-order valence-electron chi connectivity index (χ3n) is 4.49. The van der Waals surface area contributed by atoms with Crippen molar-refractivity contribution in [2.75, 3.05) is 32.8 Å². The van der Waals surface area contributed by atoms with Gasteiger partial charge in [0.15, 0.2) is 0 Å². The van der Waals surface area contributed by atoms with Crippen LogP contribution < -0.4 is 10.6 Å². The number of nitrogens with one attached hydrogen (secondary N) is 2. The number of carbonyl (C=O) groups excluding carboxylic acids is 1. The molecular weight excluding hydrogens is 240 g/mol. The van der Waals surface area contributed by atoms with Gasteiger partial charge >= 0.3 is 0 Å². The average molecular weight is 268 g/mol. The predicted octanol–water partition coefficient (Wildman–Crippen LogP) is 1.55. The van der Waals surface area contributed by atoms with E-state index in [1.165, 1.54) is 19.3 Å². The maximum absolute atomic E-state index is 12.3. The minimum Gasteiger partial charge on any atom is -0.379 e. The molecule has 0 radical (unpaired) electrons. The molecule has 2 N–H and O–H groups in total. The van der Waals surface area contributed by atoms with E-state index in [1.54, 1.807) is 0 Å². The van der Waals surface area contributed by atoms with E-state index in [-0.39, 0.29) is 11.3 Å². The fraction of sp³-hybridized carbons (Fsp3) is 0.933. The molecule has 1 atom stereocenters. The van der Waals surface area contributed by atoms with E-state index in [2.05, 4.69) is 24.5 Å². The molecule has 1 amide bonds. The van der Waals surface area contributed by atoms with Crippen LogP contribution in [-0.4, -0.2) is 38.8 Å². The highest BCUT2D eigenvalue weighted by atomic mass is 16.5. The lowest BCUT2D eigenvalue weighted by molar-refractivity contribution is -0.132. The SMILES string of the molecule is CC(C)(C(=O)NCCOCC1CC1)C1CCCNC1. The van der Waals surface area contributed by atoms with Crippen LogP contribution in [0.2, 0.25) is 0 Å². The molecule has 1 saturated heterocycles. The van der Waals surface area contributed by atoms with E-state index < -0.39 is 0 Å². The number of hydrogen-bond acceptors (Lipinski definition) is 3. The van der Waals surface area contributed by atoms with Gasteiger partial charge in [-0.1, -0.05) is 13.8 Å². The van der Waals surface area contributed by atoms with Crippen molar-refractivity contribution < 1.29 is 9.53 Å². The van der Waals surface area contributed by atoms with Gasteiger partial charge in [-0.25, -0.2) is 0 Å². The lowest BCUT2D eigenvalue weighted by atomic mass is 9.74. The zero-order chi connectivity index (χ0) is 13.7. The van der Waals surface area contributed by atoms with Crippen molar-refractivity contribution in [2.24, 2.45) is 17.3 Å². The van der Waals surface area contributed by atoms with Crippen LogP contribution in [0.25, 0.3) is 0 Å². The Morgan fingerprint density at radius 1 is 1.37 bits per heavy atom. The molecule has 0 spiro atoms. The quantitative estimate of drug-likeness (QED) is 0.689. The number of hydrogen-bond donors (Lipinski definition) is 2. The summed E-state index contributed by atoms with van der Waals surface area (Å²) in [6, 6.07) is 0. The van der Waals surface area contributed by atoms with E-state index in [4.69, 9.17) is 4.74 Å². The lowest BCUT2D eigenvalue weighted by Crippen LogP contribution is -2.47. The van der Waals surface area contributed by atoms with Gasteiger partial charge in [0, 0.05) is 18.6 Å². The van der Waals surface area contributed by atoms with Crippen LogP contribution in [0.4, 0.5) is 0 Å². The first kappa shape index (κ1) is 14.8. The van der Waals surface area contributed by atoms with Gasteiger partial charge in [0.25, 0.3) is 0 Å². The fourth-order valence-electron chi connectivity index (χ4n) is 2.65. The second kappa shape index (κ2) is 6.71. The van der Waals surface area contributed by atoms with Crippen molar-refractivity contribution in [2.45, 2.75) is 39.5 Å². The fourth-order valence-corrected chi connectivity index (χ4v) is 2.65. The molecule has 1 heterocycles. The second-order valence-electron chi connectivity index (χ2n) is 6.54. The minimum atomic E-state index is -0.288.